The summed E-state index contributed by atoms with van der Waals surface area (Å²) in [7, 11) is 0. The molecular weight excluding hydrogens is 271 g/mol. The van der Waals surface area contributed by atoms with Crippen LogP contribution in [0.3, 0.4) is 0 Å². The third-order valence-corrected chi connectivity index (χ3v) is 2.91. The third kappa shape index (κ3) is 4.53. The number of ketones is 2. The third-order valence-electron chi connectivity index (χ3n) is 2.91. The molecule has 108 valence electrons. The minimum Gasteiger partial charge on any atom is -0.485 e. The summed E-state index contributed by atoms with van der Waals surface area (Å²) in [6, 6.07) is 12.4. The standard InChI is InChI=1S/C17H15FO3/c1-12(19)10-13-2-8-16(9-3-13)21-11-17(20)14-4-6-15(18)7-5-14/h2-9H,10-11H2,1H3. The number of hydrogen-bond donors (Lipinski definition) is 0. The highest BCUT2D eigenvalue weighted by molar-refractivity contribution is 5.97. The molecule has 0 fully saturated rings. The van der Waals surface area contributed by atoms with Gasteiger partial charge in [-0.05, 0) is 48.9 Å². The van der Waals surface area contributed by atoms with Crippen LogP contribution in [-0.4, -0.2) is 18.2 Å². The Morgan fingerprint density at radius 2 is 1.62 bits per heavy atom. The highest BCUT2D eigenvalue weighted by atomic mass is 19.1. The Bertz CT molecular complexity index is 630. The lowest BCUT2D eigenvalue weighted by Gasteiger charge is -2.06. The molecule has 0 N–H and O–H groups in total. The van der Waals surface area contributed by atoms with Gasteiger partial charge in [-0.3, -0.25) is 9.59 Å². The molecule has 0 aliphatic heterocycles. The number of Topliss-reactive ketones (excluding diaryl/α,β-unsaturated/α-hetero) is 2. The van der Waals surface area contributed by atoms with E-state index in [1.807, 2.05) is 0 Å². The van der Waals surface area contributed by atoms with E-state index in [-0.39, 0.29) is 24.0 Å². The van der Waals surface area contributed by atoms with Crippen molar-refractivity contribution >= 4 is 11.6 Å². The van der Waals surface area contributed by atoms with Crippen LogP contribution in [0.15, 0.2) is 48.5 Å². The molecule has 0 aliphatic rings. The molecule has 0 saturated carbocycles. The highest BCUT2D eigenvalue weighted by Crippen LogP contribution is 2.13. The van der Waals surface area contributed by atoms with Gasteiger partial charge in [-0.25, -0.2) is 4.39 Å². The van der Waals surface area contributed by atoms with Gasteiger partial charge in [0.1, 0.15) is 17.3 Å². The molecule has 2 aromatic rings. The van der Waals surface area contributed by atoms with Crippen molar-refractivity contribution in [1.29, 1.82) is 0 Å². The van der Waals surface area contributed by atoms with Gasteiger partial charge in [-0.15, -0.1) is 0 Å². The Balaban J connectivity index is 1.92. The van der Waals surface area contributed by atoms with Gasteiger partial charge in [0.25, 0.3) is 0 Å². The van der Waals surface area contributed by atoms with Gasteiger partial charge in [0.05, 0.1) is 0 Å². The van der Waals surface area contributed by atoms with Gasteiger partial charge in [-0.2, -0.15) is 0 Å². The first-order valence-corrected chi connectivity index (χ1v) is 6.54. The number of ether oxygens (including phenoxy) is 1. The minimum atomic E-state index is -0.381. The summed E-state index contributed by atoms with van der Waals surface area (Å²) >= 11 is 0. The predicted molar refractivity (Wildman–Crippen MR) is 77.1 cm³/mol. The quantitative estimate of drug-likeness (QED) is 0.766. The van der Waals surface area contributed by atoms with Crippen molar-refractivity contribution in [3.63, 3.8) is 0 Å². The number of hydrogen-bond acceptors (Lipinski definition) is 3. The monoisotopic (exact) mass is 286 g/mol. The van der Waals surface area contributed by atoms with Gasteiger partial charge in [0.2, 0.25) is 0 Å². The molecule has 0 saturated heterocycles. The molecule has 21 heavy (non-hydrogen) atoms. The van der Waals surface area contributed by atoms with E-state index in [1.165, 1.54) is 31.2 Å². The first-order chi connectivity index (χ1) is 10.0. The highest BCUT2D eigenvalue weighted by Gasteiger charge is 2.07. The summed E-state index contributed by atoms with van der Waals surface area (Å²) in [6.45, 7) is 1.42. The van der Waals surface area contributed by atoms with Crippen LogP contribution in [0.5, 0.6) is 5.75 Å². The molecule has 4 heteroatoms. The SMILES string of the molecule is CC(=O)Cc1ccc(OCC(=O)c2ccc(F)cc2)cc1. The van der Waals surface area contributed by atoms with Crippen molar-refractivity contribution in [3.8, 4) is 5.75 Å². The Morgan fingerprint density at radius 3 is 2.19 bits per heavy atom. The van der Waals surface area contributed by atoms with Gasteiger partial charge >= 0.3 is 0 Å². The molecule has 0 atom stereocenters. The van der Waals surface area contributed by atoms with E-state index < -0.39 is 0 Å². The first-order valence-electron chi connectivity index (χ1n) is 6.54. The molecule has 0 bridgehead atoms. The lowest BCUT2D eigenvalue weighted by molar-refractivity contribution is -0.116. The van der Waals surface area contributed by atoms with Crippen LogP contribution >= 0.6 is 0 Å². The molecule has 0 radical (unpaired) electrons. The lowest BCUT2D eigenvalue weighted by atomic mass is 10.1. The summed E-state index contributed by atoms with van der Waals surface area (Å²) < 4.78 is 18.1. The molecule has 0 heterocycles. The van der Waals surface area contributed by atoms with E-state index in [0.717, 1.165) is 5.56 Å². The summed E-state index contributed by atoms with van der Waals surface area (Å²) in [5.74, 6) is 0.0456. The lowest BCUT2D eigenvalue weighted by Crippen LogP contribution is -2.11. The van der Waals surface area contributed by atoms with Crippen molar-refractivity contribution in [1.82, 2.24) is 0 Å². The molecule has 0 aromatic heterocycles. The zero-order valence-corrected chi connectivity index (χ0v) is 11.6. The molecule has 0 aliphatic carbocycles. The normalized spacial score (nSPS) is 10.2. The number of halogens is 1. The van der Waals surface area contributed by atoms with Crippen molar-refractivity contribution in [2.75, 3.05) is 6.61 Å². The average molecular weight is 286 g/mol. The molecule has 2 aromatic carbocycles. The number of carbonyl (C=O) groups is 2. The number of benzene rings is 2. The molecule has 3 nitrogen and oxygen atoms in total. The molecule has 2 rings (SSSR count). The van der Waals surface area contributed by atoms with Gasteiger partial charge < -0.3 is 4.74 Å². The van der Waals surface area contributed by atoms with Crippen molar-refractivity contribution in [2.24, 2.45) is 0 Å². The van der Waals surface area contributed by atoms with Gasteiger partial charge in [-0.1, -0.05) is 12.1 Å². The largest absolute Gasteiger partial charge is 0.485 e. The zero-order chi connectivity index (χ0) is 15.2. The van der Waals surface area contributed by atoms with Crippen molar-refractivity contribution < 1.29 is 18.7 Å². The second kappa shape index (κ2) is 6.79. The van der Waals surface area contributed by atoms with Crippen molar-refractivity contribution in [2.45, 2.75) is 13.3 Å². The van der Waals surface area contributed by atoms with Crippen LogP contribution in [0.25, 0.3) is 0 Å². The van der Waals surface area contributed by atoms with Crippen LogP contribution in [0, 0.1) is 5.82 Å². The maximum atomic E-state index is 12.8. The predicted octanol–water partition coefficient (Wildman–Crippen LogP) is 3.22. The Morgan fingerprint density at radius 1 is 1.00 bits per heavy atom. The summed E-state index contributed by atoms with van der Waals surface area (Å²) in [5, 5.41) is 0. The first kappa shape index (κ1) is 14.9. The smallest absolute Gasteiger partial charge is 0.200 e. The van der Waals surface area contributed by atoms with E-state index >= 15 is 0 Å². The van der Waals surface area contributed by atoms with Gasteiger partial charge in [0.15, 0.2) is 12.4 Å². The van der Waals surface area contributed by atoms with Crippen LogP contribution in [0.1, 0.15) is 22.8 Å². The Kier molecular flexibility index (Phi) is 4.82. The summed E-state index contributed by atoms with van der Waals surface area (Å²) in [5.41, 5.74) is 1.31. The number of carbonyl (C=O) groups excluding carboxylic acids is 2. The molecule has 0 unspecified atom stereocenters. The zero-order valence-electron chi connectivity index (χ0n) is 11.6. The summed E-state index contributed by atoms with van der Waals surface area (Å²) in [4.78, 5) is 22.8. The van der Waals surface area contributed by atoms with Crippen LogP contribution in [-0.2, 0) is 11.2 Å². The van der Waals surface area contributed by atoms with Gasteiger partial charge in [0, 0.05) is 12.0 Å². The summed E-state index contributed by atoms with van der Waals surface area (Å²) in [6.07, 6.45) is 0.384. The van der Waals surface area contributed by atoms with Crippen LogP contribution < -0.4 is 4.74 Å². The fraction of sp³-hybridized carbons (Fsp3) is 0.176. The maximum Gasteiger partial charge on any atom is 0.200 e. The van der Waals surface area contributed by atoms with Crippen LogP contribution in [0.4, 0.5) is 4.39 Å². The number of rotatable bonds is 6. The fourth-order valence-electron chi connectivity index (χ4n) is 1.86. The topological polar surface area (TPSA) is 43.4 Å². The van der Waals surface area contributed by atoms with Crippen molar-refractivity contribution in [3.05, 3.63) is 65.5 Å². The average Bonchev–Trinajstić information content (AvgIpc) is 2.46. The minimum absolute atomic E-state index is 0.0927. The van der Waals surface area contributed by atoms with E-state index in [1.54, 1.807) is 24.3 Å². The second-order valence-electron chi connectivity index (χ2n) is 4.74. The van der Waals surface area contributed by atoms with E-state index in [2.05, 4.69) is 0 Å². The Hall–Kier alpha value is -2.49. The fourth-order valence-corrected chi connectivity index (χ4v) is 1.86. The molecule has 0 amide bonds. The second-order valence-corrected chi connectivity index (χ2v) is 4.74. The molecular formula is C17H15FO3. The Labute approximate surface area is 122 Å². The van der Waals surface area contributed by atoms with E-state index in [4.69, 9.17) is 4.74 Å². The van der Waals surface area contributed by atoms with Crippen LogP contribution in [0.2, 0.25) is 0 Å². The van der Waals surface area contributed by atoms with E-state index in [0.29, 0.717) is 17.7 Å². The van der Waals surface area contributed by atoms with E-state index in [9.17, 15) is 14.0 Å². The maximum absolute atomic E-state index is 12.8. The molecule has 0 spiro atoms.